The van der Waals surface area contributed by atoms with Crippen LogP contribution in [-0.4, -0.2) is 50.6 Å². The Hall–Kier alpha value is -3.98. The van der Waals surface area contributed by atoms with Crippen molar-refractivity contribution in [3.63, 3.8) is 0 Å². The average Bonchev–Trinajstić information content (AvgIpc) is 3.23. The van der Waals surface area contributed by atoms with E-state index in [1.807, 2.05) is 31.2 Å². The van der Waals surface area contributed by atoms with Gasteiger partial charge in [0.15, 0.2) is 0 Å². The molecule has 6 N–H and O–H groups in total. The van der Waals surface area contributed by atoms with Crippen molar-refractivity contribution in [2.45, 2.75) is 19.4 Å². The number of benzene rings is 1. The van der Waals surface area contributed by atoms with Crippen molar-refractivity contribution in [3.05, 3.63) is 76.0 Å². The number of aliphatic hydroxyl groups excluding tert-OH is 1. The summed E-state index contributed by atoms with van der Waals surface area (Å²) in [5, 5.41) is 13.2. The lowest BCUT2D eigenvalue weighted by atomic mass is 10.1. The Kier molecular flexibility index (Phi) is 6.00. The molecule has 0 amide bonds. The highest BCUT2D eigenvalue weighted by atomic mass is 16.3. The molecule has 164 valence electrons. The van der Waals surface area contributed by atoms with Crippen LogP contribution in [0, 0.1) is 6.92 Å². The Labute approximate surface area is 184 Å². The molecule has 0 aliphatic carbocycles. The quantitative estimate of drug-likeness (QED) is 0.223. The van der Waals surface area contributed by atoms with Crippen LogP contribution in [0.4, 0.5) is 5.69 Å². The number of hydrogen-bond donors (Lipinski definition) is 5. The van der Waals surface area contributed by atoms with Crippen LogP contribution < -0.4 is 16.6 Å². The number of amidine groups is 1. The van der Waals surface area contributed by atoms with Crippen molar-refractivity contribution in [3.8, 4) is 11.4 Å². The van der Waals surface area contributed by atoms with E-state index in [-0.39, 0.29) is 18.2 Å². The maximum absolute atomic E-state index is 12.8. The topological polar surface area (TPSA) is 145 Å². The van der Waals surface area contributed by atoms with E-state index in [2.05, 4.69) is 30.2 Å². The molecule has 9 heteroatoms. The van der Waals surface area contributed by atoms with Gasteiger partial charge in [0.25, 0.3) is 5.56 Å². The molecule has 0 saturated heterocycles. The van der Waals surface area contributed by atoms with Gasteiger partial charge in [-0.3, -0.25) is 14.8 Å². The summed E-state index contributed by atoms with van der Waals surface area (Å²) in [6.45, 7) is 1.83. The second-order valence-electron chi connectivity index (χ2n) is 7.56. The minimum atomic E-state index is -0.295. The maximum Gasteiger partial charge on any atom is 0.261 e. The van der Waals surface area contributed by atoms with Gasteiger partial charge < -0.3 is 26.1 Å². The fourth-order valence-electron chi connectivity index (χ4n) is 3.70. The zero-order valence-corrected chi connectivity index (χ0v) is 17.9. The number of nitrogens with zero attached hydrogens (tertiary/aromatic N) is 3. The first-order valence-corrected chi connectivity index (χ1v) is 10.2. The number of nitrogens with two attached hydrogens (primary N) is 1. The molecule has 9 nitrogen and oxygen atoms in total. The van der Waals surface area contributed by atoms with Crippen molar-refractivity contribution >= 4 is 22.6 Å². The van der Waals surface area contributed by atoms with Crippen molar-refractivity contribution in [1.29, 1.82) is 0 Å². The number of aliphatic imine (C=N–C) groups is 1. The molecule has 32 heavy (non-hydrogen) atoms. The van der Waals surface area contributed by atoms with E-state index in [4.69, 9.17) is 5.73 Å². The molecule has 4 aromatic rings. The predicted octanol–water partition coefficient (Wildman–Crippen LogP) is 1.97. The van der Waals surface area contributed by atoms with Gasteiger partial charge in [0.1, 0.15) is 17.2 Å². The molecule has 1 aromatic carbocycles. The zero-order chi connectivity index (χ0) is 22.7. The Balaban J connectivity index is 1.74. The minimum Gasteiger partial charge on any atom is -0.394 e. The largest absolute Gasteiger partial charge is 0.394 e. The summed E-state index contributed by atoms with van der Waals surface area (Å²) in [7, 11) is 1.64. The van der Waals surface area contributed by atoms with E-state index in [0.717, 1.165) is 27.7 Å². The Morgan fingerprint density at radius 1 is 1.28 bits per heavy atom. The standard InChI is InChI=1S/C23H25N7O2/c1-13-9-15(21(24)25-2)11-18-20(13)30-22(29-18)19-17(5-8-27-23(19)32)28-16(12-31)10-14-3-6-26-7-4-14/h3-9,11,16,31H,10,12H2,1-2H3,(H2,24,25)(H,29,30)(H2,27,28,32). The van der Waals surface area contributed by atoms with Crippen molar-refractivity contribution in [2.24, 2.45) is 10.7 Å². The Bertz CT molecular complexity index is 1330. The summed E-state index contributed by atoms with van der Waals surface area (Å²) >= 11 is 0. The first-order valence-electron chi connectivity index (χ1n) is 10.2. The number of aliphatic hydroxyl groups is 1. The summed E-state index contributed by atoms with van der Waals surface area (Å²) in [6, 6.07) is 9.04. The van der Waals surface area contributed by atoms with Crippen LogP contribution in [0.2, 0.25) is 0 Å². The molecule has 0 bridgehead atoms. The number of H-pyrrole nitrogens is 2. The van der Waals surface area contributed by atoms with E-state index in [1.54, 1.807) is 31.7 Å². The van der Waals surface area contributed by atoms with Crippen LogP contribution in [-0.2, 0) is 6.42 Å². The van der Waals surface area contributed by atoms with Gasteiger partial charge in [-0.1, -0.05) is 0 Å². The summed E-state index contributed by atoms with van der Waals surface area (Å²) in [4.78, 5) is 31.5. The van der Waals surface area contributed by atoms with Crippen LogP contribution >= 0.6 is 0 Å². The number of pyridine rings is 2. The molecule has 0 aliphatic rings. The number of hydrogen-bond acceptors (Lipinski definition) is 6. The maximum atomic E-state index is 12.8. The van der Waals surface area contributed by atoms with Crippen LogP contribution in [0.25, 0.3) is 22.4 Å². The van der Waals surface area contributed by atoms with Crippen LogP contribution in [0.15, 0.2) is 58.7 Å². The first kappa shape index (κ1) is 21.3. The van der Waals surface area contributed by atoms with E-state index in [1.165, 1.54) is 0 Å². The highest BCUT2D eigenvalue weighted by Gasteiger charge is 2.18. The van der Waals surface area contributed by atoms with Gasteiger partial charge in [0.05, 0.1) is 29.4 Å². The number of fused-ring (bicyclic) bond motifs is 1. The van der Waals surface area contributed by atoms with Gasteiger partial charge in [0.2, 0.25) is 0 Å². The number of aromatic nitrogens is 4. The number of anilines is 1. The lowest BCUT2D eigenvalue weighted by Crippen LogP contribution is -2.28. The Morgan fingerprint density at radius 3 is 2.78 bits per heavy atom. The predicted molar refractivity (Wildman–Crippen MR) is 126 cm³/mol. The first-order chi connectivity index (χ1) is 15.5. The molecular weight excluding hydrogens is 406 g/mol. The van der Waals surface area contributed by atoms with E-state index < -0.39 is 0 Å². The van der Waals surface area contributed by atoms with Crippen LogP contribution in [0.3, 0.4) is 0 Å². The summed E-state index contributed by atoms with van der Waals surface area (Å²) in [5.41, 5.74) is 10.9. The molecule has 1 unspecified atom stereocenters. The fourth-order valence-corrected chi connectivity index (χ4v) is 3.70. The van der Waals surface area contributed by atoms with Crippen molar-refractivity contribution in [2.75, 3.05) is 19.0 Å². The monoisotopic (exact) mass is 431 g/mol. The second-order valence-corrected chi connectivity index (χ2v) is 7.56. The number of imidazole rings is 1. The smallest absolute Gasteiger partial charge is 0.261 e. The van der Waals surface area contributed by atoms with Crippen LogP contribution in [0.1, 0.15) is 16.7 Å². The van der Waals surface area contributed by atoms with Gasteiger partial charge >= 0.3 is 0 Å². The number of nitrogens with one attached hydrogen (secondary N) is 3. The zero-order valence-electron chi connectivity index (χ0n) is 17.9. The van der Waals surface area contributed by atoms with Gasteiger partial charge in [-0.15, -0.1) is 0 Å². The third-order valence-electron chi connectivity index (χ3n) is 5.32. The Morgan fingerprint density at radius 2 is 2.06 bits per heavy atom. The highest BCUT2D eigenvalue weighted by Crippen LogP contribution is 2.27. The summed E-state index contributed by atoms with van der Waals surface area (Å²) in [5.74, 6) is 0.852. The summed E-state index contributed by atoms with van der Waals surface area (Å²) < 4.78 is 0. The average molecular weight is 432 g/mol. The highest BCUT2D eigenvalue weighted by molar-refractivity contribution is 6.01. The molecule has 0 saturated carbocycles. The van der Waals surface area contributed by atoms with E-state index in [9.17, 15) is 9.90 Å². The molecule has 0 aliphatic heterocycles. The number of aromatic amines is 2. The van der Waals surface area contributed by atoms with Gasteiger partial charge in [-0.05, 0) is 54.8 Å². The van der Waals surface area contributed by atoms with Gasteiger partial charge in [-0.25, -0.2) is 4.98 Å². The third kappa shape index (κ3) is 4.23. The molecular formula is C23H25N7O2. The normalized spacial score (nSPS) is 12.8. The third-order valence-corrected chi connectivity index (χ3v) is 5.32. The molecule has 0 fully saturated rings. The van der Waals surface area contributed by atoms with Gasteiger partial charge in [-0.2, -0.15) is 0 Å². The molecule has 4 rings (SSSR count). The van der Waals surface area contributed by atoms with E-state index in [0.29, 0.717) is 29.3 Å². The molecule has 3 aromatic heterocycles. The number of rotatable bonds is 7. The minimum absolute atomic E-state index is 0.104. The fraction of sp³-hybridized carbons (Fsp3) is 0.217. The molecule has 3 heterocycles. The molecule has 0 radical (unpaired) electrons. The summed E-state index contributed by atoms with van der Waals surface area (Å²) in [6.07, 6.45) is 5.57. The molecule has 1 atom stereocenters. The van der Waals surface area contributed by atoms with Crippen molar-refractivity contribution in [1.82, 2.24) is 19.9 Å². The van der Waals surface area contributed by atoms with E-state index >= 15 is 0 Å². The number of aryl methyl sites for hydroxylation is 1. The molecule has 0 spiro atoms. The SMILES string of the molecule is CN=C(N)c1cc(C)c2nc(-c3c(NC(CO)Cc4ccncc4)cc[nH]c3=O)[nH]c2c1. The lowest BCUT2D eigenvalue weighted by Gasteiger charge is -2.19. The second kappa shape index (κ2) is 9.03. The van der Waals surface area contributed by atoms with Gasteiger partial charge in [0, 0.05) is 31.2 Å². The lowest BCUT2D eigenvalue weighted by molar-refractivity contribution is 0.273. The van der Waals surface area contributed by atoms with Crippen molar-refractivity contribution < 1.29 is 5.11 Å². The van der Waals surface area contributed by atoms with Crippen LogP contribution in [0.5, 0.6) is 0 Å².